The molecule has 7 nitrogen and oxygen atoms in total. The van der Waals surface area contributed by atoms with E-state index in [-0.39, 0.29) is 16.5 Å². The number of benzene rings is 2. The minimum atomic E-state index is -0.363. The van der Waals surface area contributed by atoms with Crippen molar-refractivity contribution < 1.29 is 9.72 Å². The van der Waals surface area contributed by atoms with Gasteiger partial charge in [0.15, 0.2) is 0 Å². The van der Waals surface area contributed by atoms with Gasteiger partial charge in [0.05, 0.1) is 11.5 Å². The Bertz CT molecular complexity index is 853. The molecule has 0 atom stereocenters. The molecule has 1 amide bonds. The number of nitro benzene ring substituents is 1. The molecule has 1 saturated heterocycles. The van der Waals surface area contributed by atoms with Gasteiger partial charge < -0.3 is 9.80 Å². The van der Waals surface area contributed by atoms with E-state index in [1.807, 2.05) is 46.0 Å². The summed E-state index contributed by atoms with van der Waals surface area (Å²) in [7, 11) is 1.91. The second-order valence-corrected chi connectivity index (χ2v) is 7.35. The number of para-hydroxylation sites is 2. The van der Waals surface area contributed by atoms with E-state index in [4.69, 9.17) is 11.6 Å². The summed E-state index contributed by atoms with van der Waals surface area (Å²) in [6.07, 6.45) is 0. The van der Waals surface area contributed by atoms with Gasteiger partial charge in [0, 0.05) is 43.8 Å². The van der Waals surface area contributed by atoms with Crippen molar-refractivity contribution in [1.82, 2.24) is 9.80 Å². The van der Waals surface area contributed by atoms with E-state index in [1.165, 1.54) is 6.07 Å². The molecule has 2 aromatic carbocycles. The number of nitro groups is 1. The van der Waals surface area contributed by atoms with E-state index < -0.39 is 0 Å². The summed E-state index contributed by atoms with van der Waals surface area (Å²) in [5, 5.41) is 11.9. The number of likely N-dealkylation sites (N-methyl/N-ethyl adjacent to an activating group) is 1. The van der Waals surface area contributed by atoms with Crippen molar-refractivity contribution >= 4 is 28.9 Å². The Morgan fingerprint density at radius 3 is 2.54 bits per heavy atom. The van der Waals surface area contributed by atoms with Gasteiger partial charge in [0.1, 0.15) is 5.69 Å². The van der Waals surface area contributed by atoms with Gasteiger partial charge >= 0.3 is 0 Å². The molecular weight excluding hydrogens is 380 g/mol. The fourth-order valence-corrected chi connectivity index (χ4v) is 3.63. The highest BCUT2D eigenvalue weighted by Crippen LogP contribution is 2.28. The largest absolute Gasteiger partial charge is 0.362 e. The third-order valence-electron chi connectivity index (χ3n) is 4.80. The van der Waals surface area contributed by atoms with Crippen LogP contribution >= 0.6 is 11.6 Å². The van der Waals surface area contributed by atoms with Crippen LogP contribution in [-0.4, -0.2) is 60.4 Å². The molecule has 1 aliphatic rings. The van der Waals surface area contributed by atoms with E-state index >= 15 is 0 Å². The number of piperazine rings is 1. The van der Waals surface area contributed by atoms with Crippen molar-refractivity contribution in [3.8, 4) is 0 Å². The quantitative estimate of drug-likeness (QED) is 0.548. The Labute approximate surface area is 169 Å². The fraction of sp³-hybridized carbons (Fsp3) is 0.350. The molecule has 1 aliphatic heterocycles. The zero-order chi connectivity index (χ0) is 20.1. The monoisotopic (exact) mass is 402 g/mol. The van der Waals surface area contributed by atoms with E-state index in [1.54, 1.807) is 18.2 Å². The predicted octanol–water partition coefficient (Wildman–Crippen LogP) is 3.03. The average molecular weight is 403 g/mol. The maximum Gasteiger partial charge on any atom is 0.292 e. The number of anilines is 1. The maximum absolute atomic E-state index is 12.6. The van der Waals surface area contributed by atoms with Crippen LogP contribution in [0.5, 0.6) is 0 Å². The lowest BCUT2D eigenvalue weighted by Gasteiger charge is -2.36. The Morgan fingerprint density at radius 1 is 1.14 bits per heavy atom. The molecule has 0 radical (unpaired) electrons. The van der Waals surface area contributed by atoms with Gasteiger partial charge in [-0.15, -0.1) is 0 Å². The number of nitrogens with zero attached hydrogens (tertiary/aromatic N) is 4. The summed E-state index contributed by atoms with van der Waals surface area (Å²) in [5.74, 6) is 0.0618. The van der Waals surface area contributed by atoms with Crippen molar-refractivity contribution in [2.24, 2.45) is 0 Å². The first-order valence-corrected chi connectivity index (χ1v) is 9.51. The highest BCUT2D eigenvalue weighted by molar-refractivity contribution is 6.30. The Morgan fingerprint density at radius 2 is 1.86 bits per heavy atom. The van der Waals surface area contributed by atoms with Gasteiger partial charge in [-0.1, -0.05) is 35.9 Å². The molecule has 28 heavy (non-hydrogen) atoms. The van der Waals surface area contributed by atoms with Crippen LogP contribution in [0.15, 0.2) is 48.5 Å². The smallest absolute Gasteiger partial charge is 0.292 e. The van der Waals surface area contributed by atoms with Crippen molar-refractivity contribution in [2.75, 3.05) is 44.7 Å². The molecule has 0 unspecified atom stereocenters. The zero-order valence-electron chi connectivity index (χ0n) is 15.8. The van der Waals surface area contributed by atoms with Gasteiger partial charge in [-0.2, -0.15) is 0 Å². The van der Waals surface area contributed by atoms with Gasteiger partial charge in [-0.3, -0.25) is 19.8 Å². The number of hydrogen-bond donors (Lipinski definition) is 0. The third-order valence-corrected chi connectivity index (χ3v) is 5.03. The number of amides is 1. The first-order chi connectivity index (χ1) is 13.4. The number of halogens is 1. The molecule has 148 valence electrons. The summed E-state index contributed by atoms with van der Waals surface area (Å²) >= 11 is 6.01. The standard InChI is InChI=1S/C20H23ClN4O3/c1-22(14-16-5-4-6-17(21)13-16)15-20(26)24-11-9-23(10-12-24)18-7-2-3-8-19(18)25(27)28/h2-8,13H,9-12,14-15H2,1H3. The van der Waals surface area contributed by atoms with Crippen molar-refractivity contribution in [3.05, 3.63) is 69.2 Å². The Balaban J connectivity index is 1.53. The van der Waals surface area contributed by atoms with Crippen LogP contribution in [0.25, 0.3) is 0 Å². The molecule has 0 aliphatic carbocycles. The van der Waals surface area contributed by atoms with Gasteiger partial charge in [0.2, 0.25) is 5.91 Å². The predicted molar refractivity (Wildman–Crippen MR) is 110 cm³/mol. The lowest BCUT2D eigenvalue weighted by atomic mass is 10.2. The van der Waals surface area contributed by atoms with Crippen LogP contribution in [-0.2, 0) is 11.3 Å². The van der Waals surface area contributed by atoms with Crippen LogP contribution < -0.4 is 4.90 Å². The first kappa shape index (κ1) is 20.1. The van der Waals surface area contributed by atoms with Gasteiger partial charge in [-0.05, 0) is 30.8 Å². The highest BCUT2D eigenvalue weighted by Gasteiger charge is 2.25. The van der Waals surface area contributed by atoms with Crippen LogP contribution in [0.1, 0.15) is 5.56 Å². The van der Waals surface area contributed by atoms with Crippen molar-refractivity contribution in [2.45, 2.75) is 6.54 Å². The molecule has 1 fully saturated rings. The number of carbonyl (C=O) groups excluding carboxylic acids is 1. The number of rotatable bonds is 6. The summed E-state index contributed by atoms with van der Waals surface area (Å²) in [6, 6.07) is 14.3. The van der Waals surface area contributed by atoms with Crippen LogP contribution in [0, 0.1) is 10.1 Å². The summed E-state index contributed by atoms with van der Waals surface area (Å²) in [5.41, 5.74) is 1.77. The first-order valence-electron chi connectivity index (χ1n) is 9.13. The van der Waals surface area contributed by atoms with Gasteiger partial charge in [-0.25, -0.2) is 0 Å². The second-order valence-electron chi connectivity index (χ2n) is 6.92. The average Bonchev–Trinajstić information content (AvgIpc) is 2.68. The minimum Gasteiger partial charge on any atom is -0.362 e. The van der Waals surface area contributed by atoms with E-state index in [0.717, 1.165) is 5.56 Å². The number of carbonyl (C=O) groups is 1. The Hall–Kier alpha value is -2.64. The highest BCUT2D eigenvalue weighted by atomic mass is 35.5. The van der Waals surface area contributed by atoms with Crippen LogP contribution in [0.2, 0.25) is 5.02 Å². The fourth-order valence-electron chi connectivity index (χ4n) is 3.42. The van der Waals surface area contributed by atoms with Crippen molar-refractivity contribution in [3.63, 3.8) is 0 Å². The molecule has 0 saturated carbocycles. The molecule has 0 N–H and O–H groups in total. The van der Waals surface area contributed by atoms with E-state index in [9.17, 15) is 14.9 Å². The maximum atomic E-state index is 12.6. The minimum absolute atomic E-state index is 0.0618. The molecule has 0 spiro atoms. The molecule has 1 heterocycles. The van der Waals surface area contributed by atoms with Crippen LogP contribution in [0.4, 0.5) is 11.4 Å². The molecule has 3 rings (SSSR count). The normalized spacial score (nSPS) is 14.4. The summed E-state index contributed by atoms with van der Waals surface area (Å²) in [4.78, 5) is 29.2. The molecule has 0 aromatic heterocycles. The number of hydrogen-bond acceptors (Lipinski definition) is 5. The summed E-state index contributed by atoms with van der Waals surface area (Å²) in [6.45, 7) is 3.22. The third kappa shape index (κ3) is 4.99. The lowest BCUT2D eigenvalue weighted by molar-refractivity contribution is -0.384. The second kappa shape index (κ2) is 9.03. The molecule has 8 heteroatoms. The van der Waals surface area contributed by atoms with Crippen molar-refractivity contribution in [1.29, 1.82) is 0 Å². The van der Waals surface area contributed by atoms with Crippen LogP contribution in [0.3, 0.4) is 0 Å². The Kier molecular flexibility index (Phi) is 6.49. The molecular formula is C20H23ClN4O3. The van der Waals surface area contributed by atoms with E-state index in [2.05, 4.69) is 0 Å². The molecule has 0 bridgehead atoms. The topological polar surface area (TPSA) is 69.9 Å². The van der Waals surface area contributed by atoms with Gasteiger partial charge in [0.25, 0.3) is 5.69 Å². The summed E-state index contributed by atoms with van der Waals surface area (Å²) < 4.78 is 0. The van der Waals surface area contributed by atoms with E-state index in [0.29, 0.717) is 50.0 Å². The lowest BCUT2D eigenvalue weighted by Crippen LogP contribution is -2.51. The zero-order valence-corrected chi connectivity index (χ0v) is 16.5. The molecule has 2 aromatic rings. The SMILES string of the molecule is CN(CC(=O)N1CCN(c2ccccc2[N+](=O)[O-])CC1)Cc1cccc(Cl)c1.